The van der Waals surface area contributed by atoms with Gasteiger partial charge in [-0.3, -0.25) is 5.01 Å². The second-order valence-corrected chi connectivity index (χ2v) is 4.81. The first-order valence-corrected chi connectivity index (χ1v) is 5.46. The quantitative estimate of drug-likeness (QED) is 0.812. The molecule has 0 saturated carbocycles. The summed E-state index contributed by atoms with van der Waals surface area (Å²) in [6.45, 7) is 0. The Bertz CT molecular complexity index is 273. The smallest absolute Gasteiger partial charge is 0.131 e. The monoisotopic (exact) mass is 232 g/mol. The molecule has 0 fully saturated rings. The van der Waals surface area contributed by atoms with Crippen LogP contribution in [-0.2, 0) is 0 Å². The number of rotatable bonds is 3. The predicted molar refractivity (Wildman–Crippen MR) is 66.7 cm³/mol. The summed E-state index contributed by atoms with van der Waals surface area (Å²) >= 11 is 1.64. The number of H-pyrrole nitrogens is 1. The van der Waals surface area contributed by atoms with E-state index in [2.05, 4.69) is 10.1 Å². The largest absolute Gasteiger partial charge is 0.367 e. The van der Waals surface area contributed by atoms with Crippen LogP contribution < -0.4 is 14.9 Å². The van der Waals surface area contributed by atoms with E-state index in [1.165, 1.54) is 0 Å². The van der Waals surface area contributed by atoms with Gasteiger partial charge in [-0.15, -0.1) is 4.18 Å². The van der Waals surface area contributed by atoms with Gasteiger partial charge in [-0.2, -0.15) is 10.0 Å². The molecule has 1 aromatic heterocycles. The van der Waals surface area contributed by atoms with Gasteiger partial charge in [-0.25, -0.2) is 0 Å². The number of aromatic amines is 1. The average Bonchev–Trinajstić information content (AvgIpc) is 2.16. The number of nitrogens with zero attached hydrogens (tertiary/aromatic N) is 5. The maximum atomic E-state index is 3.22. The Balaban J connectivity index is 3.20. The molecule has 0 bridgehead atoms. The van der Waals surface area contributed by atoms with Crippen LogP contribution in [0.4, 0.5) is 5.00 Å². The standard InChI is InChI=1S/C8H20N6S/c1-10(2)8-7-13(11(3)4)9-14(15-8)12(5)6/h7,9H,1-6H3. The van der Waals surface area contributed by atoms with Crippen molar-refractivity contribution in [1.29, 1.82) is 0 Å². The van der Waals surface area contributed by atoms with Crippen LogP contribution in [0.2, 0.25) is 0 Å². The lowest BCUT2D eigenvalue weighted by atomic mass is 10.7. The Morgan fingerprint density at radius 1 is 1.07 bits per heavy atom. The highest BCUT2D eigenvalue weighted by Crippen LogP contribution is 2.15. The molecule has 1 rings (SSSR count). The van der Waals surface area contributed by atoms with Crippen molar-refractivity contribution >= 4 is 16.5 Å². The van der Waals surface area contributed by atoms with E-state index in [4.69, 9.17) is 0 Å². The van der Waals surface area contributed by atoms with Crippen molar-refractivity contribution in [3.63, 3.8) is 0 Å². The summed E-state index contributed by atoms with van der Waals surface area (Å²) in [6, 6.07) is 0. The van der Waals surface area contributed by atoms with Crippen LogP contribution in [0.3, 0.4) is 0 Å². The maximum Gasteiger partial charge on any atom is 0.131 e. The second-order valence-electron chi connectivity index (χ2n) is 3.86. The van der Waals surface area contributed by atoms with Crippen molar-refractivity contribution < 1.29 is 0 Å². The van der Waals surface area contributed by atoms with Crippen molar-refractivity contribution in [1.82, 2.24) is 14.2 Å². The molecule has 0 unspecified atom stereocenters. The Morgan fingerprint density at radius 3 is 2.07 bits per heavy atom. The molecule has 1 aromatic rings. The van der Waals surface area contributed by atoms with Crippen LogP contribution in [0.15, 0.2) is 6.20 Å². The van der Waals surface area contributed by atoms with Crippen LogP contribution in [-0.4, -0.2) is 56.5 Å². The summed E-state index contributed by atoms with van der Waals surface area (Å²) in [7, 11) is 12.0. The minimum absolute atomic E-state index is 1.16. The van der Waals surface area contributed by atoms with Crippen molar-refractivity contribution in [3.8, 4) is 0 Å². The molecule has 0 radical (unpaired) electrons. The van der Waals surface area contributed by atoms with Crippen LogP contribution in [0.1, 0.15) is 0 Å². The fourth-order valence-corrected chi connectivity index (χ4v) is 1.70. The topological polar surface area (TPSA) is 35.4 Å². The molecule has 88 valence electrons. The average molecular weight is 232 g/mol. The van der Waals surface area contributed by atoms with E-state index >= 15 is 0 Å². The molecular formula is C8H20N6S. The number of nitrogens with one attached hydrogen (secondary N) is 1. The van der Waals surface area contributed by atoms with Gasteiger partial charge in [0.25, 0.3) is 0 Å². The third-order valence-electron chi connectivity index (χ3n) is 1.84. The fourth-order valence-electron chi connectivity index (χ4n) is 0.927. The summed E-state index contributed by atoms with van der Waals surface area (Å²) in [5.41, 5.74) is 0. The van der Waals surface area contributed by atoms with Gasteiger partial charge in [-0.05, 0) is 0 Å². The molecule has 0 atom stereocenters. The minimum atomic E-state index is 1.16. The maximum absolute atomic E-state index is 3.22. The highest BCUT2D eigenvalue weighted by molar-refractivity contribution is 7.10. The Morgan fingerprint density at radius 2 is 1.67 bits per heavy atom. The molecule has 0 aliphatic carbocycles. The molecule has 0 aromatic carbocycles. The zero-order chi connectivity index (χ0) is 11.6. The zero-order valence-corrected chi connectivity index (χ0v) is 11.0. The Labute approximate surface area is 94.6 Å². The molecular weight excluding hydrogens is 212 g/mol. The first-order valence-electron chi connectivity index (χ1n) is 4.69. The van der Waals surface area contributed by atoms with Gasteiger partial charge in [0.15, 0.2) is 0 Å². The highest BCUT2D eigenvalue weighted by Gasteiger charge is 2.02. The van der Waals surface area contributed by atoms with Gasteiger partial charge in [-0.1, -0.05) is 0 Å². The lowest BCUT2D eigenvalue weighted by Gasteiger charge is -2.25. The van der Waals surface area contributed by atoms with Crippen LogP contribution in [0, 0.1) is 0 Å². The Kier molecular flexibility index (Phi) is 3.57. The summed E-state index contributed by atoms with van der Waals surface area (Å²) < 4.78 is 1.95. The van der Waals surface area contributed by atoms with Gasteiger partial charge in [0.05, 0.1) is 6.20 Å². The van der Waals surface area contributed by atoms with E-state index in [9.17, 15) is 0 Å². The van der Waals surface area contributed by atoms with Crippen molar-refractivity contribution in [2.75, 3.05) is 57.2 Å². The van der Waals surface area contributed by atoms with E-state index < -0.39 is 0 Å². The third kappa shape index (κ3) is 2.85. The number of anilines is 1. The summed E-state index contributed by atoms with van der Waals surface area (Å²) in [6.07, 6.45) is 2.05. The molecule has 1 N–H and O–H groups in total. The summed E-state index contributed by atoms with van der Waals surface area (Å²) in [4.78, 5) is 4.00. The lowest BCUT2D eigenvalue weighted by Crippen LogP contribution is -2.35. The molecule has 0 amide bonds. The van der Waals surface area contributed by atoms with Gasteiger partial charge in [0.2, 0.25) is 0 Å². The molecule has 0 saturated heterocycles. The number of hydrogen-bond donors (Lipinski definition) is 1. The molecule has 0 aliphatic heterocycles. The first kappa shape index (κ1) is 11.8. The van der Waals surface area contributed by atoms with E-state index in [1.54, 1.807) is 11.5 Å². The SMILES string of the molecule is CN(C)c1cn(N(C)C)[nH]n(N(C)C)s1. The van der Waals surface area contributed by atoms with Gasteiger partial charge >= 0.3 is 0 Å². The first-order chi connectivity index (χ1) is 6.91. The van der Waals surface area contributed by atoms with E-state index in [0.29, 0.717) is 0 Å². The fraction of sp³-hybridized carbons (Fsp3) is 0.750. The van der Waals surface area contributed by atoms with Crippen LogP contribution >= 0.6 is 11.5 Å². The molecule has 0 spiro atoms. The van der Waals surface area contributed by atoms with Gasteiger partial charge in [0, 0.05) is 53.8 Å². The van der Waals surface area contributed by atoms with E-state index in [0.717, 1.165) is 5.00 Å². The molecule has 0 aliphatic rings. The summed E-state index contributed by atoms with van der Waals surface area (Å²) in [5.74, 6) is 0. The molecule has 15 heavy (non-hydrogen) atoms. The highest BCUT2D eigenvalue weighted by atomic mass is 32.1. The molecule has 6 nitrogen and oxygen atoms in total. The number of aromatic nitrogens is 3. The van der Waals surface area contributed by atoms with Crippen LogP contribution in [0.25, 0.3) is 0 Å². The molecule has 1 heterocycles. The normalized spacial score (nSPS) is 10.0. The van der Waals surface area contributed by atoms with Crippen molar-refractivity contribution in [2.24, 2.45) is 0 Å². The van der Waals surface area contributed by atoms with E-state index in [-0.39, 0.29) is 0 Å². The van der Waals surface area contributed by atoms with Crippen molar-refractivity contribution in [2.45, 2.75) is 0 Å². The summed E-state index contributed by atoms with van der Waals surface area (Å²) in [5, 5.41) is 8.33. The van der Waals surface area contributed by atoms with Crippen LogP contribution in [0.5, 0.6) is 0 Å². The Hall–Kier alpha value is -1.24. The third-order valence-corrected chi connectivity index (χ3v) is 3.07. The minimum Gasteiger partial charge on any atom is -0.367 e. The predicted octanol–water partition coefficient (Wildman–Crippen LogP) is 0.265. The van der Waals surface area contributed by atoms with Gasteiger partial charge in [0.1, 0.15) is 5.00 Å². The lowest BCUT2D eigenvalue weighted by molar-refractivity contribution is 0.510. The van der Waals surface area contributed by atoms with Gasteiger partial charge < -0.3 is 9.91 Å². The van der Waals surface area contributed by atoms with E-state index in [1.807, 2.05) is 67.5 Å². The zero-order valence-electron chi connectivity index (χ0n) is 10.2. The number of hydrogen-bond acceptors (Lipinski definition) is 4. The van der Waals surface area contributed by atoms with Crippen molar-refractivity contribution in [3.05, 3.63) is 6.20 Å². The molecule has 7 heteroatoms. The second kappa shape index (κ2) is 4.52.